The summed E-state index contributed by atoms with van der Waals surface area (Å²) in [6.07, 6.45) is 9.32. The van der Waals surface area contributed by atoms with E-state index in [4.69, 9.17) is 19.9 Å². The van der Waals surface area contributed by atoms with E-state index < -0.39 is 0 Å². The lowest BCUT2D eigenvalue weighted by Crippen LogP contribution is -2.33. The van der Waals surface area contributed by atoms with Crippen molar-refractivity contribution in [3.05, 3.63) is 198 Å². The van der Waals surface area contributed by atoms with Crippen molar-refractivity contribution in [2.75, 3.05) is 0 Å². The van der Waals surface area contributed by atoms with Gasteiger partial charge in [0, 0.05) is 33.7 Å². The molecular weight excluding hydrogens is 587 g/mol. The molecule has 5 nitrogen and oxygen atoms in total. The number of nitrogens with zero attached hydrogens (tertiary/aromatic N) is 4. The molecule has 2 aliphatic rings. The van der Waals surface area contributed by atoms with Crippen LogP contribution in [0.2, 0.25) is 0 Å². The van der Waals surface area contributed by atoms with Crippen molar-refractivity contribution in [1.82, 2.24) is 20.3 Å². The van der Waals surface area contributed by atoms with Gasteiger partial charge in [-0.05, 0) is 17.5 Å². The number of hydrogen-bond acceptors (Lipinski definition) is 5. The highest BCUT2D eigenvalue weighted by Crippen LogP contribution is 2.40. The first-order chi connectivity index (χ1) is 23.8. The van der Waals surface area contributed by atoms with Gasteiger partial charge in [0.25, 0.3) is 0 Å². The summed E-state index contributed by atoms with van der Waals surface area (Å²) in [6, 6.07) is 50.0. The smallest absolute Gasteiger partial charge is 0.163 e. The Hall–Kier alpha value is -6.20. The molecule has 2 heterocycles. The molecule has 0 spiro atoms. The van der Waals surface area contributed by atoms with Gasteiger partial charge in [0.2, 0.25) is 0 Å². The second kappa shape index (κ2) is 13.3. The largest absolute Gasteiger partial charge is 0.359 e. The molecule has 0 fully saturated rings. The third-order valence-corrected chi connectivity index (χ3v) is 8.73. The van der Waals surface area contributed by atoms with Crippen LogP contribution in [0.5, 0.6) is 0 Å². The second-order valence-electron chi connectivity index (χ2n) is 11.9. The fourth-order valence-corrected chi connectivity index (χ4v) is 6.28. The lowest BCUT2D eigenvalue weighted by Gasteiger charge is -2.31. The minimum atomic E-state index is -0.104. The van der Waals surface area contributed by atoms with Gasteiger partial charge in [-0.15, -0.1) is 0 Å². The normalized spacial score (nSPS) is 17.1. The molecule has 0 saturated heterocycles. The monoisotopic (exact) mass is 619 g/mol. The molecule has 230 valence electrons. The van der Waals surface area contributed by atoms with E-state index in [0.717, 1.165) is 57.2 Å². The maximum Gasteiger partial charge on any atom is 0.163 e. The third kappa shape index (κ3) is 6.02. The number of nitrogens with one attached hydrogen (secondary N) is 1. The van der Waals surface area contributed by atoms with Crippen molar-refractivity contribution in [3.8, 4) is 22.8 Å². The molecule has 2 atom stereocenters. The SMILES string of the molecule is C1=CCC(c2nc(-c3ccccc3)nc(-c3ccc(C4=NC(c5ccccc5)=C(c5ccccc5)C(c5ccccc5)N4)cc3)n2)C=C1. The van der Waals surface area contributed by atoms with Crippen LogP contribution < -0.4 is 5.32 Å². The summed E-state index contributed by atoms with van der Waals surface area (Å²) in [4.78, 5) is 20.1. The summed E-state index contributed by atoms with van der Waals surface area (Å²) >= 11 is 0. The first-order valence-corrected chi connectivity index (χ1v) is 16.3. The van der Waals surface area contributed by atoms with Gasteiger partial charge in [-0.25, -0.2) is 19.9 Å². The number of rotatable bonds is 7. The van der Waals surface area contributed by atoms with Crippen molar-refractivity contribution in [2.24, 2.45) is 4.99 Å². The molecule has 1 aliphatic carbocycles. The molecule has 8 rings (SSSR count). The Bertz CT molecular complexity index is 2150. The molecule has 48 heavy (non-hydrogen) atoms. The van der Waals surface area contributed by atoms with E-state index in [-0.39, 0.29) is 12.0 Å². The summed E-state index contributed by atoms with van der Waals surface area (Å²) in [5.74, 6) is 3.03. The van der Waals surface area contributed by atoms with Crippen LogP contribution >= 0.6 is 0 Å². The number of aromatic nitrogens is 3. The standard InChI is InChI=1S/C43H33N5/c1-6-16-30(17-7-1)37-38(31-18-8-2-9-19-31)44-40(45-39(37)32-20-10-3-11-21-32)35-26-28-36(29-27-35)43-47-41(33-22-12-4-13-23-33)46-42(48-43)34-24-14-5-15-25-34/h1-24,26-29,34,38H,25H2,(H,44,45). The van der Waals surface area contributed by atoms with Gasteiger partial charge in [0.15, 0.2) is 11.6 Å². The molecule has 0 saturated carbocycles. The van der Waals surface area contributed by atoms with E-state index in [1.165, 1.54) is 5.56 Å². The van der Waals surface area contributed by atoms with Crippen LogP contribution in [-0.4, -0.2) is 20.8 Å². The van der Waals surface area contributed by atoms with Crippen LogP contribution in [0.4, 0.5) is 0 Å². The van der Waals surface area contributed by atoms with Crippen molar-refractivity contribution in [1.29, 1.82) is 0 Å². The van der Waals surface area contributed by atoms with Gasteiger partial charge in [-0.1, -0.05) is 170 Å². The second-order valence-corrected chi connectivity index (χ2v) is 11.9. The fourth-order valence-electron chi connectivity index (χ4n) is 6.28. The zero-order valence-electron chi connectivity index (χ0n) is 26.3. The predicted molar refractivity (Wildman–Crippen MR) is 195 cm³/mol. The van der Waals surface area contributed by atoms with Gasteiger partial charge in [0.1, 0.15) is 11.7 Å². The quantitative estimate of drug-likeness (QED) is 0.193. The summed E-state index contributed by atoms with van der Waals surface area (Å²) in [5.41, 5.74) is 8.37. The Morgan fingerprint density at radius 1 is 0.500 bits per heavy atom. The average molecular weight is 620 g/mol. The lowest BCUT2D eigenvalue weighted by atomic mass is 9.87. The molecular formula is C43H33N5. The third-order valence-electron chi connectivity index (χ3n) is 8.73. The Morgan fingerprint density at radius 2 is 1.04 bits per heavy atom. The van der Waals surface area contributed by atoms with Gasteiger partial charge in [-0.3, -0.25) is 0 Å². The van der Waals surface area contributed by atoms with Gasteiger partial charge in [0.05, 0.1) is 11.7 Å². The molecule has 5 aromatic carbocycles. The Kier molecular flexibility index (Phi) is 8.07. The van der Waals surface area contributed by atoms with Crippen molar-refractivity contribution in [2.45, 2.75) is 18.4 Å². The van der Waals surface area contributed by atoms with Crippen LogP contribution in [0.1, 0.15) is 46.5 Å². The maximum absolute atomic E-state index is 5.32. The van der Waals surface area contributed by atoms with Crippen LogP contribution in [0.15, 0.2) is 175 Å². The topological polar surface area (TPSA) is 63.1 Å². The number of allylic oxidation sites excluding steroid dienone is 4. The molecule has 0 amide bonds. The van der Waals surface area contributed by atoms with Crippen LogP contribution in [0, 0.1) is 0 Å². The minimum Gasteiger partial charge on any atom is -0.359 e. The molecule has 2 unspecified atom stereocenters. The summed E-state index contributed by atoms with van der Waals surface area (Å²) in [6.45, 7) is 0. The molecule has 1 N–H and O–H groups in total. The molecule has 1 aromatic heterocycles. The summed E-state index contributed by atoms with van der Waals surface area (Å²) < 4.78 is 0. The number of aliphatic imine (C=N–C) groups is 1. The fraction of sp³-hybridized carbons (Fsp3) is 0.0698. The van der Waals surface area contributed by atoms with E-state index in [9.17, 15) is 0 Å². The first kappa shape index (κ1) is 29.2. The Balaban J connectivity index is 1.22. The highest BCUT2D eigenvalue weighted by Gasteiger charge is 2.29. The molecule has 0 radical (unpaired) electrons. The van der Waals surface area contributed by atoms with Crippen molar-refractivity contribution < 1.29 is 0 Å². The van der Waals surface area contributed by atoms with E-state index in [1.54, 1.807) is 0 Å². The summed E-state index contributed by atoms with van der Waals surface area (Å²) in [5, 5.41) is 3.81. The van der Waals surface area contributed by atoms with Crippen molar-refractivity contribution >= 4 is 17.1 Å². The first-order valence-electron chi connectivity index (χ1n) is 16.3. The van der Waals surface area contributed by atoms with Gasteiger partial charge >= 0.3 is 0 Å². The molecule has 0 bridgehead atoms. The zero-order chi connectivity index (χ0) is 32.1. The number of amidine groups is 1. The highest BCUT2D eigenvalue weighted by atomic mass is 15.1. The summed E-state index contributed by atoms with van der Waals surface area (Å²) in [7, 11) is 0. The minimum absolute atomic E-state index is 0.104. The van der Waals surface area contributed by atoms with Crippen LogP contribution in [0.3, 0.4) is 0 Å². The molecule has 1 aliphatic heterocycles. The Morgan fingerprint density at radius 3 is 1.65 bits per heavy atom. The van der Waals surface area contributed by atoms with Gasteiger partial charge in [-0.2, -0.15) is 0 Å². The molecule has 5 heteroatoms. The Labute approximate surface area is 280 Å². The average Bonchev–Trinajstić information content (AvgIpc) is 3.19. The predicted octanol–water partition coefficient (Wildman–Crippen LogP) is 9.46. The lowest BCUT2D eigenvalue weighted by molar-refractivity contribution is 0.764. The molecule has 6 aromatic rings. The van der Waals surface area contributed by atoms with E-state index in [0.29, 0.717) is 11.6 Å². The van der Waals surface area contributed by atoms with E-state index in [2.05, 4.69) is 139 Å². The van der Waals surface area contributed by atoms with E-state index in [1.807, 2.05) is 36.4 Å². The number of benzene rings is 5. The zero-order valence-corrected chi connectivity index (χ0v) is 26.3. The van der Waals surface area contributed by atoms with Gasteiger partial charge < -0.3 is 5.32 Å². The highest BCUT2D eigenvalue weighted by molar-refractivity contribution is 6.09. The van der Waals surface area contributed by atoms with Crippen LogP contribution in [0.25, 0.3) is 34.0 Å². The van der Waals surface area contributed by atoms with Crippen molar-refractivity contribution in [3.63, 3.8) is 0 Å². The van der Waals surface area contributed by atoms with E-state index >= 15 is 0 Å². The van der Waals surface area contributed by atoms with Crippen LogP contribution in [-0.2, 0) is 0 Å². The number of hydrogen-bond donors (Lipinski definition) is 1. The maximum atomic E-state index is 5.32.